The van der Waals surface area contributed by atoms with Gasteiger partial charge in [-0.1, -0.05) is 47.5 Å². The zero-order chi connectivity index (χ0) is 12.3. The molecule has 0 saturated heterocycles. The van der Waals surface area contributed by atoms with Gasteiger partial charge in [0.1, 0.15) is 0 Å². The SMILES string of the molecule is N=CN(c1ccccc1Cl)c1ccccc1Cl. The normalized spacial score (nSPS) is 10.0. The summed E-state index contributed by atoms with van der Waals surface area (Å²) in [5.74, 6) is 0. The number of hydrogen-bond donors (Lipinski definition) is 1. The van der Waals surface area contributed by atoms with E-state index in [1.165, 1.54) is 6.34 Å². The zero-order valence-corrected chi connectivity index (χ0v) is 10.4. The molecule has 0 amide bonds. The van der Waals surface area contributed by atoms with E-state index in [2.05, 4.69) is 0 Å². The van der Waals surface area contributed by atoms with Crippen LogP contribution in [0.25, 0.3) is 0 Å². The Labute approximate surface area is 110 Å². The van der Waals surface area contributed by atoms with Crippen LogP contribution in [0.5, 0.6) is 0 Å². The number of para-hydroxylation sites is 2. The Morgan fingerprint density at radius 3 is 1.59 bits per heavy atom. The monoisotopic (exact) mass is 264 g/mol. The van der Waals surface area contributed by atoms with Gasteiger partial charge in [0.25, 0.3) is 0 Å². The van der Waals surface area contributed by atoms with E-state index in [-0.39, 0.29) is 0 Å². The van der Waals surface area contributed by atoms with Gasteiger partial charge in [-0.3, -0.25) is 10.3 Å². The molecular weight excluding hydrogens is 255 g/mol. The predicted octanol–water partition coefficient (Wildman–Crippen LogP) is 4.74. The molecule has 0 fully saturated rings. The van der Waals surface area contributed by atoms with Crippen molar-refractivity contribution in [3.8, 4) is 0 Å². The van der Waals surface area contributed by atoms with Crippen molar-refractivity contribution in [1.29, 1.82) is 5.41 Å². The summed E-state index contributed by atoms with van der Waals surface area (Å²) in [6, 6.07) is 14.7. The number of rotatable bonds is 3. The van der Waals surface area contributed by atoms with E-state index in [1.807, 2.05) is 36.4 Å². The molecular formula is C13H10Cl2N2. The second kappa shape index (κ2) is 5.21. The van der Waals surface area contributed by atoms with Gasteiger partial charge in [0.05, 0.1) is 27.8 Å². The Balaban J connectivity index is 2.52. The van der Waals surface area contributed by atoms with Crippen LogP contribution in [0.3, 0.4) is 0 Å². The first-order valence-corrected chi connectivity index (χ1v) is 5.78. The molecule has 0 aliphatic rings. The number of anilines is 2. The van der Waals surface area contributed by atoms with Gasteiger partial charge in [0.2, 0.25) is 0 Å². The van der Waals surface area contributed by atoms with Gasteiger partial charge in [-0.25, -0.2) is 0 Å². The Kier molecular flexibility index (Phi) is 3.67. The third kappa shape index (κ3) is 2.43. The standard InChI is InChI=1S/C13H10Cl2N2/c14-10-5-1-3-7-12(10)17(9-16)13-8-4-2-6-11(13)15/h1-9,16H. The summed E-state index contributed by atoms with van der Waals surface area (Å²) in [5, 5.41) is 8.67. The largest absolute Gasteiger partial charge is 0.299 e. The second-order valence-corrected chi connectivity index (χ2v) is 4.22. The highest BCUT2D eigenvalue weighted by Crippen LogP contribution is 2.34. The molecule has 0 aromatic heterocycles. The molecule has 0 heterocycles. The number of hydrogen-bond acceptors (Lipinski definition) is 1. The Morgan fingerprint density at radius 2 is 1.24 bits per heavy atom. The lowest BCUT2D eigenvalue weighted by Gasteiger charge is -2.21. The minimum absolute atomic E-state index is 0.580. The van der Waals surface area contributed by atoms with E-state index in [9.17, 15) is 0 Å². The molecule has 17 heavy (non-hydrogen) atoms. The van der Waals surface area contributed by atoms with Gasteiger partial charge in [-0.05, 0) is 24.3 Å². The van der Waals surface area contributed by atoms with Crippen LogP contribution in [0, 0.1) is 5.41 Å². The molecule has 2 aromatic carbocycles. The fraction of sp³-hybridized carbons (Fsp3) is 0. The molecule has 0 radical (unpaired) electrons. The van der Waals surface area contributed by atoms with Crippen LogP contribution in [-0.2, 0) is 0 Å². The minimum Gasteiger partial charge on any atom is -0.299 e. The quantitative estimate of drug-likeness (QED) is 0.629. The number of nitrogens with one attached hydrogen (secondary N) is 1. The topological polar surface area (TPSA) is 27.1 Å². The summed E-state index contributed by atoms with van der Waals surface area (Å²) in [7, 11) is 0. The predicted molar refractivity (Wildman–Crippen MR) is 73.8 cm³/mol. The number of halogens is 2. The lowest BCUT2D eigenvalue weighted by Crippen LogP contribution is -2.14. The number of nitrogens with zero attached hydrogens (tertiary/aromatic N) is 1. The van der Waals surface area contributed by atoms with Gasteiger partial charge in [0.15, 0.2) is 0 Å². The maximum Gasteiger partial charge on any atom is 0.0908 e. The molecule has 2 aromatic rings. The zero-order valence-electron chi connectivity index (χ0n) is 8.90. The first-order valence-electron chi connectivity index (χ1n) is 5.03. The van der Waals surface area contributed by atoms with Crippen LogP contribution in [0.2, 0.25) is 10.0 Å². The molecule has 0 aliphatic carbocycles. The molecule has 4 heteroatoms. The van der Waals surface area contributed by atoms with Crippen molar-refractivity contribution < 1.29 is 0 Å². The molecule has 86 valence electrons. The molecule has 0 spiro atoms. The van der Waals surface area contributed by atoms with Crippen LogP contribution in [0.1, 0.15) is 0 Å². The Hall–Kier alpha value is -1.51. The highest BCUT2D eigenvalue weighted by Gasteiger charge is 2.12. The van der Waals surface area contributed by atoms with E-state index >= 15 is 0 Å². The van der Waals surface area contributed by atoms with E-state index in [0.717, 1.165) is 11.4 Å². The molecule has 0 unspecified atom stereocenters. The number of benzene rings is 2. The first-order chi connectivity index (χ1) is 8.24. The van der Waals surface area contributed by atoms with E-state index in [1.54, 1.807) is 17.0 Å². The van der Waals surface area contributed by atoms with E-state index in [4.69, 9.17) is 28.6 Å². The van der Waals surface area contributed by atoms with Gasteiger partial charge >= 0.3 is 0 Å². The van der Waals surface area contributed by atoms with Crippen molar-refractivity contribution in [2.45, 2.75) is 0 Å². The molecule has 2 nitrogen and oxygen atoms in total. The lowest BCUT2D eigenvalue weighted by molar-refractivity contribution is 1.34. The Morgan fingerprint density at radius 1 is 0.824 bits per heavy atom. The van der Waals surface area contributed by atoms with Gasteiger partial charge in [0, 0.05) is 0 Å². The van der Waals surface area contributed by atoms with Crippen LogP contribution in [-0.4, -0.2) is 6.34 Å². The lowest BCUT2D eigenvalue weighted by atomic mass is 10.2. The van der Waals surface area contributed by atoms with Crippen molar-refractivity contribution in [2.75, 3.05) is 4.90 Å². The third-order valence-corrected chi connectivity index (χ3v) is 2.99. The Bertz CT molecular complexity index is 495. The van der Waals surface area contributed by atoms with Gasteiger partial charge in [-0.15, -0.1) is 0 Å². The maximum atomic E-state index is 7.51. The highest BCUT2D eigenvalue weighted by molar-refractivity contribution is 6.35. The average molecular weight is 265 g/mol. The van der Waals surface area contributed by atoms with Crippen molar-refractivity contribution in [3.63, 3.8) is 0 Å². The summed E-state index contributed by atoms with van der Waals surface area (Å²) < 4.78 is 0. The fourth-order valence-electron chi connectivity index (χ4n) is 1.56. The average Bonchev–Trinajstić information content (AvgIpc) is 2.34. The summed E-state index contributed by atoms with van der Waals surface area (Å²) in [4.78, 5) is 1.64. The third-order valence-electron chi connectivity index (χ3n) is 2.35. The summed E-state index contributed by atoms with van der Waals surface area (Å²) in [5.41, 5.74) is 1.47. The molecule has 0 aliphatic heterocycles. The highest BCUT2D eigenvalue weighted by atomic mass is 35.5. The first kappa shape index (κ1) is 12.0. The van der Waals surface area contributed by atoms with Crippen LogP contribution in [0.15, 0.2) is 48.5 Å². The molecule has 1 N–H and O–H groups in total. The van der Waals surface area contributed by atoms with Crippen molar-refractivity contribution in [1.82, 2.24) is 0 Å². The maximum absolute atomic E-state index is 7.51. The molecule has 2 rings (SSSR count). The summed E-state index contributed by atoms with van der Waals surface area (Å²) in [6.45, 7) is 0. The van der Waals surface area contributed by atoms with Gasteiger partial charge < -0.3 is 0 Å². The van der Waals surface area contributed by atoms with Gasteiger partial charge in [-0.2, -0.15) is 0 Å². The van der Waals surface area contributed by atoms with Crippen LogP contribution < -0.4 is 4.90 Å². The molecule has 0 atom stereocenters. The smallest absolute Gasteiger partial charge is 0.0908 e. The fourth-order valence-corrected chi connectivity index (χ4v) is 2.02. The van der Waals surface area contributed by atoms with Crippen LogP contribution >= 0.6 is 23.2 Å². The van der Waals surface area contributed by atoms with Crippen molar-refractivity contribution >= 4 is 40.9 Å². The minimum atomic E-state index is 0.580. The van der Waals surface area contributed by atoms with E-state index in [0.29, 0.717) is 10.0 Å². The van der Waals surface area contributed by atoms with Crippen molar-refractivity contribution in [3.05, 3.63) is 58.6 Å². The van der Waals surface area contributed by atoms with E-state index < -0.39 is 0 Å². The second-order valence-electron chi connectivity index (χ2n) is 3.40. The summed E-state index contributed by atoms with van der Waals surface area (Å²) in [6.07, 6.45) is 1.20. The molecule has 0 bridgehead atoms. The molecule has 0 saturated carbocycles. The summed E-state index contributed by atoms with van der Waals surface area (Å²) >= 11 is 12.2. The van der Waals surface area contributed by atoms with Crippen LogP contribution in [0.4, 0.5) is 11.4 Å². The van der Waals surface area contributed by atoms with Crippen molar-refractivity contribution in [2.24, 2.45) is 0 Å².